The molecule has 5 nitrogen and oxygen atoms in total. The second-order valence-electron chi connectivity index (χ2n) is 4.84. The van der Waals surface area contributed by atoms with Crippen molar-refractivity contribution in [3.05, 3.63) is 65.4 Å². The highest BCUT2D eigenvalue weighted by atomic mass is 16.6. The molecule has 0 N–H and O–H groups in total. The molecule has 0 saturated heterocycles. The van der Waals surface area contributed by atoms with E-state index in [9.17, 15) is 4.79 Å². The molecule has 1 aliphatic heterocycles. The summed E-state index contributed by atoms with van der Waals surface area (Å²) in [6, 6.07) is 14.5. The van der Waals surface area contributed by atoms with Crippen molar-refractivity contribution in [2.75, 3.05) is 14.2 Å². The van der Waals surface area contributed by atoms with Gasteiger partial charge in [0.25, 0.3) is 0 Å². The van der Waals surface area contributed by atoms with Crippen LogP contribution in [0.4, 0.5) is 0 Å². The first-order valence-corrected chi connectivity index (χ1v) is 7.00. The first kappa shape index (κ1) is 14.8. The Morgan fingerprint density at radius 1 is 0.913 bits per heavy atom. The number of aliphatic imine (C=N–C) groups is 1. The lowest BCUT2D eigenvalue weighted by molar-refractivity contribution is -0.129. The van der Waals surface area contributed by atoms with E-state index in [2.05, 4.69) is 4.99 Å². The molecule has 0 aromatic heterocycles. The lowest BCUT2D eigenvalue weighted by Crippen LogP contribution is -2.05. The number of esters is 1. The second kappa shape index (κ2) is 6.36. The number of hydrogen-bond acceptors (Lipinski definition) is 5. The fourth-order valence-electron chi connectivity index (χ4n) is 2.12. The Morgan fingerprint density at radius 3 is 2.04 bits per heavy atom. The van der Waals surface area contributed by atoms with E-state index >= 15 is 0 Å². The molecule has 0 spiro atoms. The molecular formula is C18H15NO4. The summed E-state index contributed by atoms with van der Waals surface area (Å²) in [5, 5.41) is 0. The quantitative estimate of drug-likeness (QED) is 0.643. The Hall–Kier alpha value is -3.08. The number of nitrogens with zero attached hydrogens (tertiary/aromatic N) is 1. The molecule has 116 valence electrons. The van der Waals surface area contributed by atoms with Crippen LogP contribution < -0.4 is 9.47 Å². The molecule has 0 amide bonds. The zero-order valence-corrected chi connectivity index (χ0v) is 12.8. The summed E-state index contributed by atoms with van der Waals surface area (Å²) in [5.41, 5.74) is 1.83. The standard InChI is InChI=1S/C18H15NO4/c1-21-14-7-3-12(4-8-14)11-16-18(20)23-17(19-16)13-5-9-15(22-2)10-6-13/h3-11H,1-2H3. The molecule has 0 aliphatic carbocycles. The Morgan fingerprint density at radius 2 is 1.48 bits per heavy atom. The smallest absolute Gasteiger partial charge is 0.363 e. The SMILES string of the molecule is COc1ccc(C=C2N=C(c3ccc(OC)cc3)OC2=O)cc1. The molecule has 2 aromatic carbocycles. The van der Waals surface area contributed by atoms with Gasteiger partial charge >= 0.3 is 5.97 Å². The second-order valence-corrected chi connectivity index (χ2v) is 4.84. The van der Waals surface area contributed by atoms with E-state index in [1.165, 1.54) is 0 Å². The van der Waals surface area contributed by atoms with Crippen molar-refractivity contribution in [1.82, 2.24) is 0 Å². The molecular weight excluding hydrogens is 294 g/mol. The summed E-state index contributed by atoms with van der Waals surface area (Å²) >= 11 is 0. The maximum atomic E-state index is 12.0. The predicted molar refractivity (Wildman–Crippen MR) is 86.6 cm³/mol. The number of rotatable bonds is 4. The lowest BCUT2D eigenvalue weighted by atomic mass is 10.2. The molecule has 3 rings (SSSR count). The summed E-state index contributed by atoms with van der Waals surface area (Å²) in [6.45, 7) is 0. The van der Waals surface area contributed by atoms with Gasteiger partial charge in [0.05, 0.1) is 14.2 Å². The summed E-state index contributed by atoms with van der Waals surface area (Å²) < 4.78 is 15.4. The van der Waals surface area contributed by atoms with E-state index in [4.69, 9.17) is 14.2 Å². The van der Waals surface area contributed by atoms with Crippen molar-refractivity contribution in [3.63, 3.8) is 0 Å². The van der Waals surface area contributed by atoms with E-state index in [-0.39, 0.29) is 11.6 Å². The molecule has 23 heavy (non-hydrogen) atoms. The maximum absolute atomic E-state index is 12.0. The monoisotopic (exact) mass is 309 g/mol. The minimum Gasteiger partial charge on any atom is -0.497 e. The number of methoxy groups -OCH3 is 2. The third-order valence-corrected chi connectivity index (χ3v) is 3.38. The first-order valence-electron chi connectivity index (χ1n) is 7.00. The van der Waals surface area contributed by atoms with Gasteiger partial charge in [0.15, 0.2) is 5.70 Å². The van der Waals surface area contributed by atoms with Gasteiger partial charge in [-0.25, -0.2) is 9.79 Å². The Labute approximate surface area is 133 Å². The zero-order chi connectivity index (χ0) is 16.2. The number of hydrogen-bond donors (Lipinski definition) is 0. The van der Waals surface area contributed by atoms with Crippen molar-refractivity contribution in [1.29, 1.82) is 0 Å². The van der Waals surface area contributed by atoms with Gasteiger partial charge < -0.3 is 14.2 Å². The first-order chi connectivity index (χ1) is 11.2. The van der Waals surface area contributed by atoms with Crippen LogP contribution in [0.2, 0.25) is 0 Å². The average Bonchev–Trinajstić information content (AvgIpc) is 2.96. The van der Waals surface area contributed by atoms with Gasteiger partial charge in [-0.05, 0) is 48.0 Å². The number of cyclic esters (lactones) is 1. The van der Waals surface area contributed by atoms with E-state index in [1.807, 2.05) is 24.3 Å². The third-order valence-electron chi connectivity index (χ3n) is 3.38. The number of carbonyl (C=O) groups is 1. The van der Waals surface area contributed by atoms with E-state index in [0.29, 0.717) is 0 Å². The van der Waals surface area contributed by atoms with E-state index in [1.54, 1.807) is 44.6 Å². The molecule has 1 aliphatic rings. The number of benzene rings is 2. The lowest BCUT2D eigenvalue weighted by Gasteiger charge is -2.01. The van der Waals surface area contributed by atoms with Crippen molar-refractivity contribution in [2.45, 2.75) is 0 Å². The molecule has 1 heterocycles. The third kappa shape index (κ3) is 3.23. The predicted octanol–water partition coefficient (Wildman–Crippen LogP) is 3.05. The molecule has 0 unspecified atom stereocenters. The zero-order valence-electron chi connectivity index (χ0n) is 12.8. The molecule has 5 heteroatoms. The van der Waals surface area contributed by atoms with Crippen LogP contribution in [0.15, 0.2) is 59.2 Å². The minimum atomic E-state index is -0.466. The Bertz CT molecular complexity index is 774. The van der Waals surface area contributed by atoms with Crippen molar-refractivity contribution < 1.29 is 19.0 Å². The average molecular weight is 309 g/mol. The summed E-state index contributed by atoms with van der Waals surface area (Å²) in [5.74, 6) is 1.31. The van der Waals surface area contributed by atoms with Crippen molar-refractivity contribution >= 4 is 17.9 Å². The van der Waals surface area contributed by atoms with Gasteiger partial charge in [-0.15, -0.1) is 0 Å². The summed E-state index contributed by atoms with van der Waals surface area (Å²) in [7, 11) is 3.20. The van der Waals surface area contributed by atoms with Gasteiger partial charge in [0.2, 0.25) is 5.90 Å². The molecule has 0 atom stereocenters. The maximum Gasteiger partial charge on any atom is 0.363 e. The van der Waals surface area contributed by atoms with Crippen LogP contribution in [0.25, 0.3) is 6.08 Å². The largest absolute Gasteiger partial charge is 0.497 e. The van der Waals surface area contributed by atoms with Crippen LogP contribution in [0.3, 0.4) is 0 Å². The van der Waals surface area contributed by atoms with Crippen LogP contribution in [0, 0.1) is 0 Å². The van der Waals surface area contributed by atoms with Crippen LogP contribution in [0.5, 0.6) is 11.5 Å². The Kier molecular flexibility index (Phi) is 4.10. The molecule has 0 radical (unpaired) electrons. The van der Waals surface area contributed by atoms with E-state index in [0.717, 1.165) is 22.6 Å². The molecule has 2 aromatic rings. The molecule has 0 bridgehead atoms. The summed E-state index contributed by atoms with van der Waals surface area (Å²) in [6.07, 6.45) is 1.68. The topological polar surface area (TPSA) is 57.1 Å². The van der Waals surface area contributed by atoms with Crippen LogP contribution in [-0.4, -0.2) is 26.1 Å². The van der Waals surface area contributed by atoms with Crippen molar-refractivity contribution in [2.24, 2.45) is 4.99 Å². The van der Waals surface area contributed by atoms with Gasteiger partial charge in [-0.2, -0.15) is 0 Å². The molecule has 0 saturated carbocycles. The van der Waals surface area contributed by atoms with Crippen LogP contribution in [-0.2, 0) is 9.53 Å². The van der Waals surface area contributed by atoms with Crippen molar-refractivity contribution in [3.8, 4) is 11.5 Å². The van der Waals surface area contributed by atoms with Crippen LogP contribution >= 0.6 is 0 Å². The van der Waals surface area contributed by atoms with E-state index < -0.39 is 5.97 Å². The summed E-state index contributed by atoms with van der Waals surface area (Å²) in [4.78, 5) is 16.2. The van der Waals surface area contributed by atoms with Gasteiger partial charge in [-0.3, -0.25) is 0 Å². The number of ether oxygens (including phenoxy) is 3. The normalized spacial score (nSPS) is 15.3. The fraction of sp³-hybridized carbons (Fsp3) is 0.111. The Balaban J connectivity index is 1.86. The highest BCUT2D eigenvalue weighted by molar-refractivity contribution is 6.12. The van der Waals surface area contributed by atoms with Crippen LogP contribution in [0.1, 0.15) is 11.1 Å². The van der Waals surface area contributed by atoms with Gasteiger partial charge in [0.1, 0.15) is 11.5 Å². The van der Waals surface area contributed by atoms with Gasteiger partial charge in [-0.1, -0.05) is 12.1 Å². The fourth-order valence-corrected chi connectivity index (χ4v) is 2.12. The highest BCUT2D eigenvalue weighted by Gasteiger charge is 2.24. The minimum absolute atomic E-state index is 0.265. The highest BCUT2D eigenvalue weighted by Crippen LogP contribution is 2.21. The number of carbonyl (C=O) groups excluding carboxylic acids is 1. The van der Waals surface area contributed by atoms with Gasteiger partial charge in [0, 0.05) is 5.56 Å². The molecule has 0 fully saturated rings.